The molecule has 108 valence electrons. The SMILES string of the molecule is CCCCCCOc1ccc(CNCCC)cc1Br. The van der Waals surface area contributed by atoms with Crippen LogP contribution in [0.3, 0.4) is 0 Å². The lowest BCUT2D eigenvalue weighted by atomic mass is 10.2. The van der Waals surface area contributed by atoms with Gasteiger partial charge in [-0.05, 0) is 53.0 Å². The van der Waals surface area contributed by atoms with Crippen LogP contribution in [-0.2, 0) is 6.54 Å². The lowest BCUT2D eigenvalue weighted by Gasteiger charge is -2.10. The van der Waals surface area contributed by atoms with Crippen molar-refractivity contribution in [1.29, 1.82) is 0 Å². The highest BCUT2D eigenvalue weighted by Crippen LogP contribution is 2.26. The summed E-state index contributed by atoms with van der Waals surface area (Å²) in [6, 6.07) is 6.34. The Labute approximate surface area is 126 Å². The second kappa shape index (κ2) is 10.3. The molecular weight excluding hydrogens is 302 g/mol. The van der Waals surface area contributed by atoms with Gasteiger partial charge in [-0.25, -0.2) is 0 Å². The van der Waals surface area contributed by atoms with Crippen LogP contribution in [0.25, 0.3) is 0 Å². The summed E-state index contributed by atoms with van der Waals surface area (Å²) in [5, 5.41) is 3.40. The fourth-order valence-corrected chi connectivity index (χ4v) is 2.43. The van der Waals surface area contributed by atoms with Gasteiger partial charge in [-0.15, -0.1) is 0 Å². The molecule has 0 aliphatic rings. The van der Waals surface area contributed by atoms with Crippen LogP contribution in [0.2, 0.25) is 0 Å². The van der Waals surface area contributed by atoms with Crippen LogP contribution in [0, 0.1) is 0 Å². The minimum Gasteiger partial charge on any atom is -0.492 e. The van der Waals surface area contributed by atoms with Crippen LogP contribution in [0.15, 0.2) is 22.7 Å². The van der Waals surface area contributed by atoms with Crippen LogP contribution >= 0.6 is 15.9 Å². The predicted octanol–water partition coefficient (Wildman–Crippen LogP) is 4.91. The molecule has 0 spiro atoms. The Morgan fingerprint density at radius 3 is 2.63 bits per heavy atom. The number of unbranched alkanes of at least 4 members (excludes halogenated alkanes) is 3. The van der Waals surface area contributed by atoms with Gasteiger partial charge in [-0.2, -0.15) is 0 Å². The average Bonchev–Trinajstić information content (AvgIpc) is 2.41. The van der Waals surface area contributed by atoms with Crippen molar-refractivity contribution in [2.45, 2.75) is 52.5 Å². The number of hydrogen-bond donors (Lipinski definition) is 1. The minimum atomic E-state index is 0.812. The molecule has 0 saturated heterocycles. The predicted molar refractivity (Wildman–Crippen MR) is 85.8 cm³/mol. The highest BCUT2D eigenvalue weighted by atomic mass is 79.9. The zero-order chi connectivity index (χ0) is 13.9. The van der Waals surface area contributed by atoms with Crippen molar-refractivity contribution in [3.05, 3.63) is 28.2 Å². The van der Waals surface area contributed by atoms with E-state index in [2.05, 4.69) is 53.3 Å². The standard InChI is InChI=1S/C16H26BrNO/c1-3-5-6-7-11-19-16-9-8-14(12-15(16)17)13-18-10-4-2/h8-9,12,18H,3-7,10-11,13H2,1-2H3. The summed E-state index contributed by atoms with van der Waals surface area (Å²) >= 11 is 3.59. The van der Waals surface area contributed by atoms with Gasteiger partial charge in [0.05, 0.1) is 11.1 Å². The number of ether oxygens (including phenoxy) is 1. The molecule has 0 saturated carbocycles. The molecule has 0 amide bonds. The number of rotatable bonds is 10. The molecule has 1 rings (SSSR count). The maximum Gasteiger partial charge on any atom is 0.133 e. The molecule has 0 atom stereocenters. The summed E-state index contributed by atoms with van der Waals surface area (Å²) in [5.74, 6) is 0.954. The molecule has 0 aliphatic heterocycles. The van der Waals surface area contributed by atoms with Crippen LogP contribution in [0.1, 0.15) is 51.5 Å². The highest BCUT2D eigenvalue weighted by Gasteiger charge is 2.02. The molecule has 0 unspecified atom stereocenters. The fourth-order valence-electron chi connectivity index (χ4n) is 1.89. The zero-order valence-electron chi connectivity index (χ0n) is 12.2. The Morgan fingerprint density at radius 1 is 1.11 bits per heavy atom. The summed E-state index contributed by atoms with van der Waals surface area (Å²) in [6.45, 7) is 7.20. The van der Waals surface area contributed by atoms with Crippen molar-refractivity contribution in [3.8, 4) is 5.75 Å². The molecule has 2 nitrogen and oxygen atoms in total. The fraction of sp³-hybridized carbons (Fsp3) is 0.625. The Balaban J connectivity index is 2.34. The molecule has 0 radical (unpaired) electrons. The van der Waals surface area contributed by atoms with E-state index >= 15 is 0 Å². The van der Waals surface area contributed by atoms with Gasteiger partial charge in [0.2, 0.25) is 0 Å². The van der Waals surface area contributed by atoms with Crippen molar-refractivity contribution >= 4 is 15.9 Å². The summed E-state index contributed by atoms with van der Waals surface area (Å²) in [4.78, 5) is 0. The number of hydrogen-bond acceptors (Lipinski definition) is 2. The summed E-state index contributed by atoms with van der Waals surface area (Å²) in [5.41, 5.74) is 1.29. The lowest BCUT2D eigenvalue weighted by Crippen LogP contribution is -2.13. The molecule has 0 heterocycles. The van der Waals surface area contributed by atoms with Gasteiger partial charge in [0.1, 0.15) is 5.75 Å². The number of benzene rings is 1. The van der Waals surface area contributed by atoms with Crippen molar-refractivity contribution in [1.82, 2.24) is 5.32 Å². The zero-order valence-corrected chi connectivity index (χ0v) is 13.8. The molecule has 0 aliphatic carbocycles. The van der Waals surface area contributed by atoms with E-state index in [-0.39, 0.29) is 0 Å². The van der Waals surface area contributed by atoms with E-state index in [1.54, 1.807) is 0 Å². The lowest BCUT2D eigenvalue weighted by molar-refractivity contribution is 0.303. The maximum absolute atomic E-state index is 5.80. The second-order valence-corrected chi connectivity index (χ2v) is 5.71. The number of halogens is 1. The molecule has 1 aromatic carbocycles. The third-order valence-electron chi connectivity index (χ3n) is 3.01. The van der Waals surface area contributed by atoms with Gasteiger partial charge >= 0.3 is 0 Å². The first-order chi connectivity index (χ1) is 9.27. The molecular formula is C16H26BrNO. The van der Waals surface area contributed by atoms with Gasteiger partial charge in [0.15, 0.2) is 0 Å². The topological polar surface area (TPSA) is 21.3 Å². The van der Waals surface area contributed by atoms with E-state index in [9.17, 15) is 0 Å². The van der Waals surface area contributed by atoms with Gasteiger partial charge in [-0.1, -0.05) is 39.2 Å². The Hall–Kier alpha value is -0.540. The van der Waals surface area contributed by atoms with E-state index < -0.39 is 0 Å². The minimum absolute atomic E-state index is 0.812. The Kier molecular flexibility index (Phi) is 8.93. The first-order valence-corrected chi connectivity index (χ1v) is 8.19. The van der Waals surface area contributed by atoms with Crippen molar-refractivity contribution in [2.75, 3.05) is 13.2 Å². The van der Waals surface area contributed by atoms with E-state index in [1.807, 2.05) is 0 Å². The van der Waals surface area contributed by atoms with Gasteiger partial charge < -0.3 is 10.1 Å². The average molecular weight is 328 g/mol. The van der Waals surface area contributed by atoms with E-state index in [1.165, 1.54) is 31.2 Å². The molecule has 3 heteroatoms. The normalized spacial score (nSPS) is 10.7. The van der Waals surface area contributed by atoms with Crippen LogP contribution < -0.4 is 10.1 Å². The first kappa shape index (κ1) is 16.5. The molecule has 0 aromatic heterocycles. The molecule has 1 aromatic rings. The first-order valence-electron chi connectivity index (χ1n) is 7.39. The summed E-state index contributed by atoms with van der Waals surface area (Å²) < 4.78 is 6.85. The van der Waals surface area contributed by atoms with Gasteiger partial charge in [-0.3, -0.25) is 0 Å². The number of nitrogens with one attached hydrogen (secondary N) is 1. The molecule has 0 fully saturated rings. The van der Waals surface area contributed by atoms with Crippen molar-refractivity contribution in [3.63, 3.8) is 0 Å². The molecule has 1 N–H and O–H groups in total. The third kappa shape index (κ3) is 6.98. The van der Waals surface area contributed by atoms with Crippen LogP contribution in [0.5, 0.6) is 5.75 Å². The van der Waals surface area contributed by atoms with Crippen molar-refractivity contribution < 1.29 is 4.74 Å². The van der Waals surface area contributed by atoms with Gasteiger partial charge in [0, 0.05) is 6.54 Å². The quantitative estimate of drug-likeness (QED) is 0.616. The monoisotopic (exact) mass is 327 g/mol. The molecule has 19 heavy (non-hydrogen) atoms. The Morgan fingerprint density at radius 2 is 1.95 bits per heavy atom. The van der Waals surface area contributed by atoms with Crippen LogP contribution in [0.4, 0.5) is 0 Å². The van der Waals surface area contributed by atoms with Crippen molar-refractivity contribution in [2.24, 2.45) is 0 Å². The largest absolute Gasteiger partial charge is 0.492 e. The molecule has 0 bridgehead atoms. The highest BCUT2D eigenvalue weighted by molar-refractivity contribution is 9.10. The van der Waals surface area contributed by atoms with Gasteiger partial charge in [0.25, 0.3) is 0 Å². The van der Waals surface area contributed by atoms with E-state index in [0.717, 1.165) is 36.3 Å². The van der Waals surface area contributed by atoms with E-state index in [0.29, 0.717) is 0 Å². The van der Waals surface area contributed by atoms with E-state index in [4.69, 9.17) is 4.74 Å². The Bertz CT molecular complexity index is 355. The van der Waals surface area contributed by atoms with Crippen LogP contribution in [-0.4, -0.2) is 13.2 Å². The second-order valence-electron chi connectivity index (χ2n) is 4.85. The third-order valence-corrected chi connectivity index (χ3v) is 3.63. The summed E-state index contributed by atoms with van der Waals surface area (Å²) in [7, 11) is 0. The smallest absolute Gasteiger partial charge is 0.133 e. The maximum atomic E-state index is 5.80. The summed E-state index contributed by atoms with van der Waals surface area (Å²) in [6.07, 6.45) is 6.13.